The average Bonchev–Trinajstić information content (AvgIpc) is 3.25. The van der Waals surface area contributed by atoms with Gasteiger partial charge in [-0.3, -0.25) is 9.69 Å². The highest BCUT2D eigenvalue weighted by Crippen LogP contribution is 2.23. The quantitative estimate of drug-likeness (QED) is 0.275. The van der Waals surface area contributed by atoms with Gasteiger partial charge in [0, 0.05) is 43.6 Å². The monoisotopic (exact) mass is 569 g/mol. The number of guanidine groups is 1. The number of rotatable bonds is 9. The molecule has 1 unspecified atom stereocenters. The molecule has 1 amide bonds. The Morgan fingerprint density at radius 1 is 1.25 bits per heavy atom. The maximum Gasteiger partial charge on any atom is 0.244 e. The van der Waals surface area contributed by atoms with Crippen LogP contribution in [0.5, 0.6) is 0 Å². The molecular weight excluding hydrogens is 533 g/mol. The topological polar surface area (TPSA) is 60.0 Å². The molecule has 2 aromatic rings. The summed E-state index contributed by atoms with van der Waals surface area (Å²) in [4.78, 5) is 22.9. The number of aliphatic imine (C=N–C) groups is 1. The highest BCUT2D eigenvalue weighted by Gasteiger charge is 2.21. The Labute approximate surface area is 213 Å². The van der Waals surface area contributed by atoms with Crippen molar-refractivity contribution in [3.8, 4) is 0 Å². The van der Waals surface area contributed by atoms with Crippen molar-refractivity contribution in [3.05, 3.63) is 57.8 Å². The van der Waals surface area contributed by atoms with Crippen molar-refractivity contribution in [3.63, 3.8) is 0 Å². The van der Waals surface area contributed by atoms with Gasteiger partial charge in [0.15, 0.2) is 5.96 Å². The molecule has 2 N–H and O–H groups in total. The van der Waals surface area contributed by atoms with E-state index < -0.39 is 0 Å². The van der Waals surface area contributed by atoms with E-state index in [2.05, 4.69) is 70.2 Å². The zero-order valence-corrected chi connectivity index (χ0v) is 22.5. The molecule has 1 aromatic heterocycles. The SMILES string of the molecule is CCNC(=NCC(=O)N1CCc2sccc2C1)NCCC(C)N(C)Cc1ccccc1.I. The first-order chi connectivity index (χ1) is 15.1. The number of benzene rings is 1. The molecule has 3 rings (SSSR count). The first-order valence-corrected chi connectivity index (χ1v) is 12.0. The van der Waals surface area contributed by atoms with Crippen molar-refractivity contribution in [1.29, 1.82) is 0 Å². The van der Waals surface area contributed by atoms with Crippen LogP contribution in [0.25, 0.3) is 0 Å². The summed E-state index contributed by atoms with van der Waals surface area (Å²) in [5.74, 6) is 0.798. The smallest absolute Gasteiger partial charge is 0.244 e. The van der Waals surface area contributed by atoms with Gasteiger partial charge in [-0.2, -0.15) is 0 Å². The number of carbonyl (C=O) groups is 1. The summed E-state index contributed by atoms with van der Waals surface area (Å²) in [5, 5.41) is 8.75. The zero-order chi connectivity index (χ0) is 22.1. The van der Waals surface area contributed by atoms with Gasteiger partial charge < -0.3 is 15.5 Å². The molecule has 32 heavy (non-hydrogen) atoms. The predicted octanol–water partition coefficient (Wildman–Crippen LogP) is 3.72. The van der Waals surface area contributed by atoms with E-state index in [0.717, 1.165) is 39.0 Å². The molecule has 1 aromatic carbocycles. The highest BCUT2D eigenvalue weighted by molar-refractivity contribution is 14.0. The number of nitrogens with zero attached hydrogens (tertiary/aromatic N) is 3. The molecule has 0 saturated heterocycles. The standard InChI is InChI=1S/C24H35N5OS.HI/c1-4-25-24(26-13-10-19(2)28(3)17-20-8-6-5-7-9-20)27-16-23(30)29-14-11-22-21(18-29)12-15-31-22;/h5-9,12,15,19H,4,10-11,13-14,16-18H2,1-3H3,(H2,25,26,27);1H. The van der Waals surface area contributed by atoms with Crippen LogP contribution in [0.15, 0.2) is 46.8 Å². The summed E-state index contributed by atoms with van der Waals surface area (Å²) in [6.07, 6.45) is 1.95. The fourth-order valence-corrected chi connectivity index (χ4v) is 4.59. The Morgan fingerprint density at radius 2 is 2.03 bits per heavy atom. The van der Waals surface area contributed by atoms with Crippen LogP contribution in [-0.4, -0.2) is 60.9 Å². The summed E-state index contributed by atoms with van der Waals surface area (Å²) in [5.41, 5.74) is 2.61. The molecule has 0 bridgehead atoms. The van der Waals surface area contributed by atoms with Crippen LogP contribution in [0.1, 0.15) is 36.3 Å². The largest absolute Gasteiger partial charge is 0.357 e. The van der Waals surface area contributed by atoms with Crippen LogP contribution in [0.3, 0.4) is 0 Å². The average molecular weight is 570 g/mol. The minimum absolute atomic E-state index is 0. The van der Waals surface area contributed by atoms with E-state index in [0.29, 0.717) is 18.5 Å². The van der Waals surface area contributed by atoms with E-state index in [1.165, 1.54) is 16.0 Å². The second kappa shape index (κ2) is 13.8. The molecule has 6 nitrogen and oxygen atoms in total. The Kier molecular flexibility index (Phi) is 11.5. The van der Waals surface area contributed by atoms with E-state index in [1.807, 2.05) is 17.9 Å². The Hall–Kier alpha value is -1.65. The van der Waals surface area contributed by atoms with Gasteiger partial charge >= 0.3 is 0 Å². The summed E-state index contributed by atoms with van der Waals surface area (Å²) in [6, 6.07) is 13.1. The Balaban J connectivity index is 0.00000363. The molecule has 0 spiro atoms. The van der Waals surface area contributed by atoms with Gasteiger partial charge in [-0.25, -0.2) is 4.99 Å². The Bertz CT molecular complexity index is 857. The van der Waals surface area contributed by atoms with E-state index in [4.69, 9.17) is 0 Å². The van der Waals surface area contributed by atoms with Crippen LogP contribution < -0.4 is 10.6 Å². The van der Waals surface area contributed by atoms with Crippen molar-refractivity contribution in [1.82, 2.24) is 20.4 Å². The number of fused-ring (bicyclic) bond motifs is 1. The first kappa shape index (κ1) is 26.6. The third kappa shape index (κ3) is 8.04. The predicted molar refractivity (Wildman–Crippen MR) is 145 cm³/mol. The summed E-state index contributed by atoms with van der Waals surface area (Å²) in [7, 11) is 2.16. The molecule has 0 aliphatic carbocycles. The van der Waals surface area contributed by atoms with Crippen molar-refractivity contribution < 1.29 is 4.79 Å². The normalized spacial score (nSPS) is 14.5. The summed E-state index contributed by atoms with van der Waals surface area (Å²) >= 11 is 1.79. The molecule has 1 aliphatic rings. The molecule has 1 atom stereocenters. The van der Waals surface area contributed by atoms with E-state index in [-0.39, 0.29) is 36.4 Å². The minimum atomic E-state index is 0. The first-order valence-electron chi connectivity index (χ1n) is 11.2. The molecule has 0 fully saturated rings. The lowest BCUT2D eigenvalue weighted by atomic mass is 10.1. The summed E-state index contributed by atoms with van der Waals surface area (Å²) < 4.78 is 0. The van der Waals surface area contributed by atoms with Crippen LogP contribution >= 0.6 is 35.3 Å². The van der Waals surface area contributed by atoms with Crippen molar-refractivity contribution in [2.75, 3.05) is 33.2 Å². The van der Waals surface area contributed by atoms with E-state index in [1.54, 1.807) is 11.3 Å². The number of amides is 1. The maximum absolute atomic E-state index is 12.6. The number of nitrogens with one attached hydrogen (secondary N) is 2. The fraction of sp³-hybridized carbons (Fsp3) is 0.500. The summed E-state index contributed by atoms with van der Waals surface area (Å²) in [6.45, 7) is 8.48. The number of hydrogen-bond acceptors (Lipinski definition) is 4. The van der Waals surface area contributed by atoms with Gasteiger partial charge in [-0.05, 0) is 56.3 Å². The van der Waals surface area contributed by atoms with Crippen LogP contribution in [-0.2, 0) is 24.3 Å². The minimum Gasteiger partial charge on any atom is -0.357 e. The van der Waals surface area contributed by atoms with E-state index in [9.17, 15) is 4.79 Å². The van der Waals surface area contributed by atoms with Crippen LogP contribution in [0.4, 0.5) is 0 Å². The third-order valence-electron chi connectivity index (χ3n) is 5.76. The number of hydrogen-bond donors (Lipinski definition) is 2. The van der Waals surface area contributed by atoms with E-state index >= 15 is 0 Å². The number of thiophene rings is 1. The lowest BCUT2D eigenvalue weighted by Crippen LogP contribution is -2.41. The Morgan fingerprint density at radius 3 is 2.78 bits per heavy atom. The molecule has 0 radical (unpaired) electrons. The van der Waals surface area contributed by atoms with Crippen LogP contribution in [0.2, 0.25) is 0 Å². The lowest BCUT2D eigenvalue weighted by Gasteiger charge is -2.26. The van der Waals surface area contributed by atoms with Crippen molar-refractivity contribution >= 4 is 47.2 Å². The molecule has 0 saturated carbocycles. The number of carbonyl (C=O) groups excluding carboxylic acids is 1. The van der Waals surface area contributed by atoms with Crippen molar-refractivity contribution in [2.24, 2.45) is 4.99 Å². The third-order valence-corrected chi connectivity index (χ3v) is 6.78. The van der Waals surface area contributed by atoms with Gasteiger partial charge in [0.1, 0.15) is 6.54 Å². The molecule has 176 valence electrons. The number of halogens is 1. The maximum atomic E-state index is 12.6. The zero-order valence-electron chi connectivity index (χ0n) is 19.3. The fourth-order valence-electron chi connectivity index (χ4n) is 3.70. The van der Waals surface area contributed by atoms with Gasteiger partial charge in [0.2, 0.25) is 5.91 Å². The van der Waals surface area contributed by atoms with Gasteiger partial charge in [0.05, 0.1) is 0 Å². The molecular formula is C24H36IN5OS. The van der Waals surface area contributed by atoms with Crippen LogP contribution in [0, 0.1) is 0 Å². The van der Waals surface area contributed by atoms with Gasteiger partial charge in [-0.15, -0.1) is 35.3 Å². The molecule has 1 aliphatic heterocycles. The highest BCUT2D eigenvalue weighted by atomic mass is 127. The van der Waals surface area contributed by atoms with Crippen molar-refractivity contribution in [2.45, 2.75) is 45.8 Å². The molecule has 2 heterocycles. The lowest BCUT2D eigenvalue weighted by molar-refractivity contribution is -0.130. The molecule has 8 heteroatoms. The van der Waals surface area contributed by atoms with Gasteiger partial charge in [0.25, 0.3) is 0 Å². The second-order valence-corrected chi connectivity index (χ2v) is 9.10. The van der Waals surface area contributed by atoms with Gasteiger partial charge in [-0.1, -0.05) is 30.3 Å². The second-order valence-electron chi connectivity index (χ2n) is 8.09.